The molecule has 0 fully saturated rings. The number of benzene rings is 1. The molecular weight excluding hydrogens is 439 g/mol. The van der Waals surface area contributed by atoms with E-state index in [1.54, 1.807) is 44.6 Å². The molecule has 4 rings (SSSR count). The number of nitrogens with one attached hydrogen (secondary N) is 2. The Kier molecular flexibility index (Phi) is 6.31. The van der Waals surface area contributed by atoms with Crippen LogP contribution in [0, 0.1) is 5.95 Å². The summed E-state index contributed by atoms with van der Waals surface area (Å²) >= 11 is 0. The van der Waals surface area contributed by atoms with Crippen molar-refractivity contribution in [2.24, 2.45) is 0 Å². The van der Waals surface area contributed by atoms with Gasteiger partial charge in [0.2, 0.25) is 17.8 Å². The number of anilines is 2. The first-order valence-corrected chi connectivity index (χ1v) is 10.6. The van der Waals surface area contributed by atoms with Crippen LogP contribution in [0.1, 0.15) is 24.2 Å². The van der Waals surface area contributed by atoms with E-state index in [9.17, 15) is 9.18 Å². The summed E-state index contributed by atoms with van der Waals surface area (Å²) in [5.74, 6) is 0.348. The number of methoxy groups -OCH3 is 1. The largest absolute Gasteiger partial charge is 0.495 e. The molecule has 10 heteroatoms. The second-order valence-corrected chi connectivity index (χ2v) is 8.05. The molecule has 0 saturated heterocycles. The minimum atomic E-state index is -0.583. The molecule has 0 saturated carbocycles. The van der Waals surface area contributed by atoms with Crippen molar-refractivity contribution in [3.05, 3.63) is 54.2 Å². The lowest BCUT2D eigenvalue weighted by Crippen LogP contribution is -2.21. The quantitative estimate of drug-likeness (QED) is 0.391. The Labute approximate surface area is 196 Å². The van der Waals surface area contributed by atoms with Crippen molar-refractivity contribution in [3.63, 3.8) is 0 Å². The molecule has 0 spiro atoms. The van der Waals surface area contributed by atoms with Gasteiger partial charge in [-0.25, -0.2) is 4.98 Å². The molecule has 3 aromatic heterocycles. The third kappa shape index (κ3) is 4.61. The number of hydrogen-bond donors (Lipinski definition) is 2. The van der Waals surface area contributed by atoms with Crippen LogP contribution >= 0.6 is 0 Å². The SMILES string of the molecule is COc1cc(C(=O)N(C)C)ccc1Nc1nc(OC(C)C)c2c(-c3ccnc(F)c3)c[nH]c2n1. The highest BCUT2D eigenvalue weighted by atomic mass is 19.1. The summed E-state index contributed by atoms with van der Waals surface area (Å²) in [6.07, 6.45) is 2.97. The summed E-state index contributed by atoms with van der Waals surface area (Å²) in [6.45, 7) is 3.78. The van der Waals surface area contributed by atoms with Gasteiger partial charge in [0.05, 0.1) is 24.3 Å². The minimum Gasteiger partial charge on any atom is -0.495 e. The van der Waals surface area contributed by atoms with Crippen LogP contribution in [0.15, 0.2) is 42.7 Å². The molecule has 1 aromatic carbocycles. The normalized spacial score (nSPS) is 11.0. The zero-order chi connectivity index (χ0) is 24.4. The number of aromatic nitrogens is 4. The Balaban J connectivity index is 1.77. The summed E-state index contributed by atoms with van der Waals surface area (Å²) in [5, 5.41) is 3.77. The zero-order valence-corrected chi connectivity index (χ0v) is 19.5. The third-order valence-corrected chi connectivity index (χ3v) is 4.98. The van der Waals surface area contributed by atoms with Crippen molar-refractivity contribution in [1.29, 1.82) is 0 Å². The molecule has 3 heterocycles. The number of amides is 1. The van der Waals surface area contributed by atoms with Crippen LogP contribution in [0.3, 0.4) is 0 Å². The van der Waals surface area contributed by atoms with Crippen LogP contribution in [0.25, 0.3) is 22.2 Å². The molecule has 0 radical (unpaired) electrons. The Morgan fingerprint density at radius 3 is 2.65 bits per heavy atom. The highest BCUT2D eigenvalue weighted by molar-refractivity contribution is 5.98. The molecule has 34 heavy (non-hydrogen) atoms. The number of ether oxygens (including phenoxy) is 2. The van der Waals surface area contributed by atoms with Crippen molar-refractivity contribution in [1.82, 2.24) is 24.8 Å². The van der Waals surface area contributed by atoms with E-state index in [1.807, 2.05) is 13.8 Å². The van der Waals surface area contributed by atoms with Crippen LogP contribution in [0.4, 0.5) is 16.0 Å². The van der Waals surface area contributed by atoms with Gasteiger partial charge in [-0.2, -0.15) is 14.4 Å². The summed E-state index contributed by atoms with van der Waals surface area (Å²) in [6, 6.07) is 8.13. The number of halogens is 1. The second kappa shape index (κ2) is 9.34. The third-order valence-electron chi connectivity index (χ3n) is 4.98. The summed E-state index contributed by atoms with van der Waals surface area (Å²) in [5.41, 5.74) is 2.91. The van der Waals surface area contributed by atoms with Gasteiger partial charge in [0.15, 0.2) is 0 Å². The van der Waals surface area contributed by atoms with Gasteiger partial charge in [-0.3, -0.25) is 4.79 Å². The number of pyridine rings is 1. The Morgan fingerprint density at radius 2 is 1.97 bits per heavy atom. The van der Waals surface area contributed by atoms with E-state index in [0.29, 0.717) is 45.0 Å². The Bertz CT molecular complexity index is 1350. The molecule has 2 N–H and O–H groups in total. The summed E-state index contributed by atoms with van der Waals surface area (Å²) in [7, 11) is 4.89. The van der Waals surface area contributed by atoms with Gasteiger partial charge in [-0.05, 0) is 43.7 Å². The molecule has 0 unspecified atom stereocenters. The van der Waals surface area contributed by atoms with Crippen molar-refractivity contribution >= 4 is 28.6 Å². The van der Waals surface area contributed by atoms with Crippen molar-refractivity contribution < 1.29 is 18.7 Å². The van der Waals surface area contributed by atoms with Crippen molar-refractivity contribution in [3.8, 4) is 22.8 Å². The van der Waals surface area contributed by atoms with E-state index in [-0.39, 0.29) is 18.0 Å². The van der Waals surface area contributed by atoms with E-state index in [2.05, 4.69) is 25.3 Å². The molecular formula is C24H25FN6O3. The predicted molar refractivity (Wildman–Crippen MR) is 127 cm³/mol. The van der Waals surface area contributed by atoms with Gasteiger partial charge in [0.1, 0.15) is 11.4 Å². The van der Waals surface area contributed by atoms with Gasteiger partial charge in [-0.15, -0.1) is 0 Å². The molecule has 1 amide bonds. The van der Waals surface area contributed by atoms with Gasteiger partial charge in [-0.1, -0.05) is 0 Å². The lowest BCUT2D eigenvalue weighted by molar-refractivity contribution is 0.0827. The first-order valence-electron chi connectivity index (χ1n) is 10.6. The number of rotatable bonds is 7. The van der Waals surface area contributed by atoms with Crippen LogP contribution in [-0.2, 0) is 0 Å². The number of nitrogens with zero attached hydrogens (tertiary/aromatic N) is 4. The van der Waals surface area contributed by atoms with Crippen LogP contribution < -0.4 is 14.8 Å². The van der Waals surface area contributed by atoms with Crippen molar-refractivity contribution in [2.75, 3.05) is 26.5 Å². The smallest absolute Gasteiger partial charge is 0.253 e. The number of fused-ring (bicyclic) bond motifs is 1. The summed E-state index contributed by atoms with van der Waals surface area (Å²) < 4.78 is 25.2. The van der Waals surface area contributed by atoms with E-state index < -0.39 is 5.95 Å². The van der Waals surface area contributed by atoms with E-state index in [1.165, 1.54) is 24.3 Å². The lowest BCUT2D eigenvalue weighted by atomic mass is 10.1. The molecule has 9 nitrogen and oxygen atoms in total. The maximum atomic E-state index is 13.7. The molecule has 176 valence electrons. The van der Waals surface area contributed by atoms with Crippen molar-refractivity contribution in [2.45, 2.75) is 20.0 Å². The molecule has 0 atom stereocenters. The fourth-order valence-corrected chi connectivity index (χ4v) is 3.47. The van der Waals surface area contributed by atoms with Gasteiger partial charge in [0, 0.05) is 43.7 Å². The van der Waals surface area contributed by atoms with E-state index in [4.69, 9.17) is 9.47 Å². The first-order chi connectivity index (χ1) is 16.3. The number of hydrogen-bond acceptors (Lipinski definition) is 7. The average Bonchev–Trinajstić information content (AvgIpc) is 3.23. The molecule has 0 aliphatic rings. The first kappa shape index (κ1) is 23.0. The predicted octanol–water partition coefficient (Wildman–Crippen LogP) is 4.40. The topological polar surface area (TPSA) is 105 Å². The Morgan fingerprint density at radius 1 is 1.18 bits per heavy atom. The summed E-state index contributed by atoms with van der Waals surface area (Å²) in [4.78, 5) is 29.7. The lowest BCUT2D eigenvalue weighted by Gasteiger charge is -2.15. The number of carbonyl (C=O) groups is 1. The fraction of sp³-hybridized carbons (Fsp3) is 0.250. The molecule has 4 aromatic rings. The maximum absolute atomic E-state index is 13.7. The molecule has 0 aliphatic carbocycles. The Hall–Kier alpha value is -4.21. The van der Waals surface area contributed by atoms with E-state index in [0.717, 1.165) is 0 Å². The van der Waals surface area contributed by atoms with Crippen LogP contribution in [0.5, 0.6) is 11.6 Å². The monoisotopic (exact) mass is 464 g/mol. The van der Waals surface area contributed by atoms with Crippen LogP contribution in [-0.4, -0.2) is 58.1 Å². The van der Waals surface area contributed by atoms with E-state index >= 15 is 0 Å². The number of aromatic amines is 1. The van der Waals surface area contributed by atoms with Crippen LogP contribution in [0.2, 0.25) is 0 Å². The number of H-pyrrole nitrogens is 1. The molecule has 0 aliphatic heterocycles. The minimum absolute atomic E-state index is 0.137. The highest BCUT2D eigenvalue weighted by Crippen LogP contribution is 2.36. The van der Waals surface area contributed by atoms with Gasteiger partial charge in [0.25, 0.3) is 5.91 Å². The fourth-order valence-electron chi connectivity index (χ4n) is 3.47. The highest BCUT2D eigenvalue weighted by Gasteiger charge is 2.19. The standard InChI is InChI=1S/C24H25FN6O3/c1-13(2)34-22-20-16(14-8-9-26-19(25)11-14)12-27-21(20)29-24(30-22)28-17-7-6-15(10-18(17)33-5)23(32)31(3)4/h6-13H,1-5H3,(H2,27,28,29,30). The van der Waals surface area contributed by atoms with Gasteiger partial charge < -0.3 is 24.7 Å². The van der Waals surface area contributed by atoms with Gasteiger partial charge >= 0.3 is 0 Å². The zero-order valence-electron chi connectivity index (χ0n) is 19.5. The average molecular weight is 465 g/mol. The number of carbonyl (C=O) groups excluding carboxylic acids is 1. The molecule has 0 bridgehead atoms. The second-order valence-electron chi connectivity index (χ2n) is 8.05. The maximum Gasteiger partial charge on any atom is 0.253 e.